The third-order valence-electron chi connectivity index (χ3n) is 2.44. The molecule has 0 fully saturated rings. The first-order valence-electron chi connectivity index (χ1n) is 6.33. The maximum Gasteiger partial charge on any atom is 0.322 e. The Morgan fingerprint density at radius 1 is 1.12 bits per heavy atom. The van der Waals surface area contributed by atoms with E-state index in [-0.39, 0.29) is 24.1 Å². The average Bonchev–Trinajstić information content (AvgIpc) is 2.21. The van der Waals surface area contributed by atoms with E-state index in [9.17, 15) is 4.79 Å². The fourth-order valence-corrected chi connectivity index (χ4v) is 1.45. The lowest BCUT2D eigenvalue weighted by atomic mass is 10.0. The second-order valence-electron chi connectivity index (χ2n) is 5.37. The van der Waals surface area contributed by atoms with E-state index in [2.05, 4.69) is 13.8 Å². The quantitative estimate of drug-likeness (QED) is 0.696. The summed E-state index contributed by atoms with van der Waals surface area (Å²) < 4.78 is 11.1. The predicted octanol–water partition coefficient (Wildman–Crippen LogP) is 1.96. The molecule has 0 amide bonds. The lowest BCUT2D eigenvalue weighted by Crippen LogP contribution is -2.40. The van der Waals surface area contributed by atoms with E-state index in [1.54, 1.807) is 6.92 Å². The molecule has 0 spiro atoms. The van der Waals surface area contributed by atoms with Crippen LogP contribution in [0, 0.1) is 11.8 Å². The average molecular weight is 245 g/mol. The first-order chi connectivity index (χ1) is 7.75. The molecule has 0 aliphatic heterocycles. The van der Waals surface area contributed by atoms with E-state index in [4.69, 9.17) is 15.2 Å². The van der Waals surface area contributed by atoms with Crippen LogP contribution in [0.1, 0.15) is 41.5 Å². The molecule has 0 aromatic heterocycles. The fraction of sp³-hybridized carbons (Fsp3) is 0.923. The van der Waals surface area contributed by atoms with Crippen molar-refractivity contribution in [1.29, 1.82) is 0 Å². The molecule has 0 aromatic rings. The summed E-state index contributed by atoms with van der Waals surface area (Å²) in [6.45, 7) is 12.4. The van der Waals surface area contributed by atoms with E-state index in [0.717, 1.165) is 0 Å². The van der Waals surface area contributed by atoms with Crippen molar-refractivity contribution in [2.24, 2.45) is 17.6 Å². The van der Waals surface area contributed by atoms with Crippen molar-refractivity contribution in [1.82, 2.24) is 0 Å². The van der Waals surface area contributed by atoms with Crippen molar-refractivity contribution in [3.8, 4) is 0 Å². The largest absolute Gasteiger partial charge is 0.458 e. The molecule has 0 aromatic carbocycles. The third-order valence-corrected chi connectivity index (χ3v) is 2.44. The van der Waals surface area contributed by atoms with Crippen molar-refractivity contribution in [3.63, 3.8) is 0 Å². The normalized spacial score (nSPS) is 17.0. The molecule has 4 nitrogen and oxygen atoms in total. The van der Waals surface area contributed by atoms with Crippen LogP contribution in [0.5, 0.6) is 0 Å². The maximum absolute atomic E-state index is 11.5. The molecule has 0 rings (SSSR count). The second-order valence-corrected chi connectivity index (χ2v) is 5.37. The lowest BCUT2D eigenvalue weighted by molar-refractivity contribution is -0.162. The zero-order chi connectivity index (χ0) is 13.6. The molecule has 0 heterocycles. The number of rotatable bonds is 7. The number of esters is 1. The van der Waals surface area contributed by atoms with Crippen LogP contribution in [-0.4, -0.2) is 30.8 Å². The van der Waals surface area contributed by atoms with Gasteiger partial charge < -0.3 is 15.2 Å². The smallest absolute Gasteiger partial charge is 0.322 e. The molecule has 0 saturated carbocycles. The van der Waals surface area contributed by atoms with Gasteiger partial charge >= 0.3 is 5.97 Å². The molecule has 0 aliphatic rings. The van der Waals surface area contributed by atoms with Crippen LogP contribution in [0.25, 0.3) is 0 Å². The molecule has 0 unspecified atom stereocenters. The highest BCUT2D eigenvalue weighted by atomic mass is 16.6. The van der Waals surface area contributed by atoms with Crippen molar-refractivity contribution < 1.29 is 14.3 Å². The molecular weight excluding hydrogens is 218 g/mol. The standard InChI is InChI=1S/C13H27NO3/c1-8(2)7-16-11(6)12(9(3)4)17-13(15)10(5)14/h8-12H,7,14H2,1-6H3/t10-,11-,12-/m0/s1. The Bertz CT molecular complexity index is 227. The lowest BCUT2D eigenvalue weighted by Gasteiger charge is -2.28. The Morgan fingerprint density at radius 2 is 1.65 bits per heavy atom. The van der Waals surface area contributed by atoms with Gasteiger partial charge in [-0.3, -0.25) is 4.79 Å². The molecule has 3 atom stereocenters. The summed E-state index contributed by atoms with van der Waals surface area (Å²) in [6, 6.07) is -0.589. The van der Waals surface area contributed by atoms with Crippen LogP contribution >= 0.6 is 0 Å². The van der Waals surface area contributed by atoms with Gasteiger partial charge in [0.15, 0.2) is 0 Å². The topological polar surface area (TPSA) is 61.5 Å². The zero-order valence-electron chi connectivity index (χ0n) is 11.9. The van der Waals surface area contributed by atoms with Gasteiger partial charge in [0.2, 0.25) is 0 Å². The summed E-state index contributed by atoms with van der Waals surface area (Å²) in [7, 11) is 0. The first-order valence-corrected chi connectivity index (χ1v) is 6.33. The summed E-state index contributed by atoms with van der Waals surface area (Å²) in [5.41, 5.74) is 5.49. The van der Waals surface area contributed by atoms with Crippen molar-refractivity contribution in [2.45, 2.75) is 59.8 Å². The fourth-order valence-electron chi connectivity index (χ4n) is 1.45. The number of ether oxygens (including phenoxy) is 2. The van der Waals surface area contributed by atoms with E-state index in [1.807, 2.05) is 20.8 Å². The number of carbonyl (C=O) groups excluding carboxylic acids is 1. The predicted molar refractivity (Wildman–Crippen MR) is 68.6 cm³/mol. The highest BCUT2D eigenvalue weighted by molar-refractivity contribution is 5.75. The summed E-state index contributed by atoms with van der Waals surface area (Å²) in [6.07, 6.45) is -0.354. The highest BCUT2D eigenvalue weighted by Gasteiger charge is 2.26. The molecule has 0 aliphatic carbocycles. The van der Waals surface area contributed by atoms with Gasteiger partial charge in [-0.05, 0) is 25.7 Å². The van der Waals surface area contributed by atoms with Crippen LogP contribution in [0.4, 0.5) is 0 Å². The SMILES string of the molecule is CC(C)CO[C@@H](C)[C@@H](OC(=O)[C@H](C)N)C(C)C. The molecule has 0 saturated heterocycles. The van der Waals surface area contributed by atoms with Gasteiger partial charge in [-0.25, -0.2) is 0 Å². The number of hydrogen-bond donors (Lipinski definition) is 1. The minimum absolute atomic E-state index is 0.111. The molecule has 102 valence electrons. The molecule has 4 heteroatoms. The second kappa shape index (κ2) is 7.67. The number of carbonyl (C=O) groups is 1. The van der Waals surface area contributed by atoms with Crippen molar-refractivity contribution >= 4 is 5.97 Å². The summed E-state index contributed by atoms with van der Waals surface area (Å²) in [5.74, 6) is 0.304. The Morgan fingerprint density at radius 3 is 2.00 bits per heavy atom. The van der Waals surface area contributed by atoms with E-state index >= 15 is 0 Å². The Hall–Kier alpha value is -0.610. The van der Waals surface area contributed by atoms with Crippen molar-refractivity contribution in [3.05, 3.63) is 0 Å². The van der Waals surface area contributed by atoms with E-state index in [0.29, 0.717) is 12.5 Å². The van der Waals surface area contributed by atoms with Gasteiger partial charge in [0, 0.05) is 6.61 Å². The van der Waals surface area contributed by atoms with Gasteiger partial charge in [0.05, 0.1) is 6.10 Å². The molecule has 17 heavy (non-hydrogen) atoms. The highest BCUT2D eigenvalue weighted by Crippen LogP contribution is 2.15. The number of hydrogen-bond acceptors (Lipinski definition) is 4. The van der Waals surface area contributed by atoms with Crippen LogP contribution in [0.2, 0.25) is 0 Å². The van der Waals surface area contributed by atoms with E-state index in [1.165, 1.54) is 0 Å². The van der Waals surface area contributed by atoms with Gasteiger partial charge in [-0.2, -0.15) is 0 Å². The molecule has 2 N–H and O–H groups in total. The van der Waals surface area contributed by atoms with Gasteiger partial charge in [-0.15, -0.1) is 0 Å². The number of nitrogens with two attached hydrogens (primary N) is 1. The minimum atomic E-state index is -0.589. The maximum atomic E-state index is 11.5. The van der Waals surface area contributed by atoms with Crippen molar-refractivity contribution in [2.75, 3.05) is 6.61 Å². The van der Waals surface area contributed by atoms with Gasteiger partial charge in [0.25, 0.3) is 0 Å². The van der Waals surface area contributed by atoms with Crippen LogP contribution in [0.15, 0.2) is 0 Å². The van der Waals surface area contributed by atoms with Crippen LogP contribution in [0.3, 0.4) is 0 Å². The molecular formula is C13H27NO3. The summed E-state index contributed by atoms with van der Waals surface area (Å²) >= 11 is 0. The van der Waals surface area contributed by atoms with E-state index < -0.39 is 6.04 Å². The Balaban J connectivity index is 4.36. The van der Waals surface area contributed by atoms with Crippen LogP contribution < -0.4 is 5.73 Å². The monoisotopic (exact) mass is 245 g/mol. The Labute approximate surface area is 105 Å². The summed E-state index contributed by atoms with van der Waals surface area (Å²) in [5, 5.41) is 0. The van der Waals surface area contributed by atoms with Gasteiger partial charge in [0.1, 0.15) is 12.1 Å². The molecule has 0 radical (unpaired) electrons. The third kappa shape index (κ3) is 6.64. The first kappa shape index (κ1) is 16.4. The zero-order valence-corrected chi connectivity index (χ0v) is 11.9. The van der Waals surface area contributed by atoms with Gasteiger partial charge in [-0.1, -0.05) is 27.7 Å². The Kier molecular flexibility index (Phi) is 7.39. The molecule has 0 bridgehead atoms. The van der Waals surface area contributed by atoms with Crippen LogP contribution in [-0.2, 0) is 14.3 Å². The summed E-state index contributed by atoms with van der Waals surface area (Å²) in [4.78, 5) is 11.5. The minimum Gasteiger partial charge on any atom is -0.458 e.